The number of hydrogen-bond donors (Lipinski definition) is 2. The van der Waals surface area contributed by atoms with E-state index >= 15 is 0 Å². The first-order valence-electron chi connectivity index (χ1n) is 6.69. The van der Waals surface area contributed by atoms with E-state index in [1.807, 2.05) is 6.92 Å². The van der Waals surface area contributed by atoms with E-state index in [0.29, 0.717) is 0 Å². The molecule has 1 heterocycles. The highest BCUT2D eigenvalue weighted by atomic mass is 32.2. The molecule has 20 heavy (non-hydrogen) atoms. The van der Waals surface area contributed by atoms with Gasteiger partial charge < -0.3 is 5.73 Å². The molecule has 1 aromatic rings. The molecular formula is C13H20FN3O2S. The minimum absolute atomic E-state index is 0.0939. The molecule has 1 atom stereocenters. The highest BCUT2D eigenvalue weighted by Gasteiger charge is 2.23. The Morgan fingerprint density at radius 1 is 1.40 bits per heavy atom. The minimum Gasteiger partial charge on any atom is -0.399 e. The number of nitrogens with zero attached hydrogens (tertiary/aromatic N) is 1. The molecule has 1 aliphatic heterocycles. The molecule has 1 unspecified atom stereocenters. The second-order valence-corrected chi connectivity index (χ2v) is 6.87. The Kier molecular flexibility index (Phi) is 4.62. The maximum Gasteiger partial charge on any atom is 0.243 e. The first-order chi connectivity index (χ1) is 9.40. The van der Waals surface area contributed by atoms with Crippen LogP contribution in [-0.2, 0) is 10.0 Å². The van der Waals surface area contributed by atoms with Crippen LogP contribution in [0, 0.1) is 5.82 Å². The smallest absolute Gasteiger partial charge is 0.243 e. The molecule has 0 radical (unpaired) electrons. The molecule has 0 aliphatic carbocycles. The maximum atomic E-state index is 13.6. The summed E-state index contributed by atoms with van der Waals surface area (Å²) in [5.74, 6) is -0.791. The van der Waals surface area contributed by atoms with Gasteiger partial charge in [-0.2, -0.15) is 0 Å². The molecule has 0 bridgehead atoms. The molecule has 2 rings (SSSR count). The summed E-state index contributed by atoms with van der Waals surface area (Å²) in [5, 5.41) is 0. The van der Waals surface area contributed by atoms with E-state index < -0.39 is 20.7 Å². The third-order valence-corrected chi connectivity index (χ3v) is 5.02. The zero-order chi connectivity index (χ0) is 14.8. The zero-order valence-electron chi connectivity index (χ0n) is 11.5. The molecule has 1 fully saturated rings. The first-order valence-corrected chi connectivity index (χ1v) is 8.17. The lowest BCUT2D eigenvalue weighted by Gasteiger charge is -2.23. The second-order valence-electron chi connectivity index (χ2n) is 5.13. The quantitative estimate of drug-likeness (QED) is 0.801. The highest BCUT2D eigenvalue weighted by Crippen LogP contribution is 2.18. The Morgan fingerprint density at radius 3 is 2.70 bits per heavy atom. The van der Waals surface area contributed by atoms with Crippen LogP contribution in [0.1, 0.15) is 19.8 Å². The fourth-order valence-corrected chi connectivity index (χ4v) is 3.58. The number of benzene rings is 1. The van der Waals surface area contributed by atoms with Crippen molar-refractivity contribution in [3.05, 3.63) is 24.0 Å². The third kappa shape index (κ3) is 3.47. The van der Waals surface area contributed by atoms with E-state index in [0.717, 1.165) is 38.1 Å². The van der Waals surface area contributed by atoms with Gasteiger partial charge in [-0.05, 0) is 51.1 Å². The van der Waals surface area contributed by atoms with Crippen molar-refractivity contribution in [1.82, 2.24) is 9.62 Å². The number of hydrogen-bond acceptors (Lipinski definition) is 4. The van der Waals surface area contributed by atoms with Crippen molar-refractivity contribution in [3.63, 3.8) is 0 Å². The van der Waals surface area contributed by atoms with Crippen LogP contribution in [0.3, 0.4) is 0 Å². The molecule has 112 valence electrons. The molecule has 1 saturated heterocycles. The molecule has 0 amide bonds. The molecule has 0 aromatic heterocycles. The van der Waals surface area contributed by atoms with E-state index in [2.05, 4.69) is 9.62 Å². The second kappa shape index (κ2) is 6.07. The Balaban J connectivity index is 2.05. The summed E-state index contributed by atoms with van der Waals surface area (Å²) in [6.45, 7) is 4.19. The Hall–Kier alpha value is -1.18. The zero-order valence-corrected chi connectivity index (χ0v) is 12.3. The monoisotopic (exact) mass is 301 g/mol. The largest absolute Gasteiger partial charge is 0.399 e. The van der Waals surface area contributed by atoms with Gasteiger partial charge in [-0.25, -0.2) is 17.5 Å². The van der Waals surface area contributed by atoms with E-state index in [1.54, 1.807) is 0 Å². The summed E-state index contributed by atoms with van der Waals surface area (Å²) in [4.78, 5) is 1.82. The molecule has 0 spiro atoms. The van der Waals surface area contributed by atoms with Crippen molar-refractivity contribution in [2.75, 3.05) is 25.4 Å². The summed E-state index contributed by atoms with van der Waals surface area (Å²) >= 11 is 0. The van der Waals surface area contributed by atoms with Crippen molar-refractivity contribution in [2.24, 2.45) is 0 Å². The predicted molar refractivity (Wildman–Crippen MR) is 76.3 cm³/mol. The van der Waals surface area contributed by atoms with Gasteiger partial charge in [0.05, 0.1) is 0 Å². The van der Waals surface area contributed by atoms with Crippen LogP contribution in [0.5, 0.6) is 0 Å². The number of rotatable bonds is 5. The molecule has 0 saturated carbocycles. The van der Waals surface area contributed by atoms with Gasteiger partial charge >= 0.3 is 0 Å². The minimum atomic E-state index is -3.87. The normalized spacial score (nSPS) is 18.3. The van der Waals surface area contributed by atoms with Crippen molar-refractivity contribution in [1.29, 1.82) is 0 Å². The van der Waals surface area contributed by atoms with E-state index in [-0.39, 0.29) is 18.3 Å². The van der Waals surface area contributed by atoms with E-state index in [4.69, 9.17) is 5.73 Å². The van der Waals surface area contributed by atoms with Crippen LogP contribution in [-0.4, -0.2) is 39.0 Å². The number of sulfonamides is 1. The fraction of sp³-hybridized carbons (Fsp3) is 0.538. The maximum absolute atomic E-state index is 13.6. The first kappa shape index (κ1) is 15.2. The van der Waals surface area contributed by atoms with Crippen LogP contribution in [0.4, 0.5) is 10.1 Å². The summed E-state index contributed by atoms with van der Waals surface area (Å²) in [5.41, 5.74) is 5.73. The number of likely N-dealkylation sites (tertiary alicyclic amines) is 1. The van der Waals surface area contributed by atoms with Crippen LogP contribution < -0.4 is 10.5 Å². The van der Waals surface area contributed by atoms with Crippen molar-refractivity contribution >= 4 is 15.7 Å². The average molecular weight is 301 g/mol. The van der Waals surface area contributed by atoms with Gasteiger partial charge in [0, 0.05) is 18.3 Å². The number of nitrogens with one attached hydrogen (secondary N) is 1. The van der Waals surface area contributed by atoms with Gasteiger partial charge in [0.15, 0.2) is 0 Å². The molecular weight excluding hydrogens is 281 g/mol. The van der Waals surface area contributed by atoms with Gasteiger partial charge in [0.1, 0.15) is 10.7 Å². The number of anilines is 1. The third-order valence-electron chi connectivity index (χ3n) is 3.58. The molecule has 7 heteroatoms. The predicted octanol–water partition coefficient (Wildman–Crippen LogP) is 1.17. The average Bonchev–Trinajstić information content (AvgIpc) is 2.93. The fourth-order valence-electron chi connectivity index (χ4n) is 2.35. The summed E-state index contributed by atoms with van der Waals surface area (Å²) in [7, 11) is -3.87. The molecule has 1 aliphatic rings. The summed E-state index contributed by atoms with van der Waals surface area (Å²) < 4.78 is 40.3. The van der Waals surface area contributed by atoms with Crippen LogP contribution in [0.2, 0.25) is 0 Å². The van der Waals surface area contributed by atoms with Gasteiger partial charge in [-0.3, -0.25) is 4.90 Å². The van der Waals surface area contributed by atoms with Crippen molar-refractivity contribution < 1.29 is 12.8 Å². The molecule has 3 N–H and O–H groups in total. The lowest BCUT2D eigenvalue weighted by molar-refractivity contribution is 0.260. The van der Waals surface area contributed by atoms with Gasteiger partial charge in [0.25, 0.3) is 0 Å². The van der Waals surface area contributed by atoms with Crippen molar-refractivity contribution in [3.8, 4) is 0 Å². The van der Waals surface area contributed by atoms with Crippen LogP contribution in [0.15, 0.2) is 23.1 Å². The van der Waals surface area contributed by atoms with Crippen LogP contribution in [0.25, 0.3) is 0 Å². The van der Waals surface area contributed by atoms with E-state index in [9.17, 15) is 12.8 Å². The molecule has 1 aromatic carbocycles. The van der Waals surface area contributed by atoms with Gasteiger partial charge in [0.2, 0.25) is 10.0 Å². The molecule has 5 nitrogen and oxygen atoms in total. The Labute approximate surface area is 119 Å². The topological polar surface area (TPSA) is 75.4 Å². The Bertz CT molecular complexity index is 571. The number of halogens is 1. The van der Waals surface area contributed by atoms with Crippen molar-refractivity contribution in [2.45, 2.75) is 30.7 Å². The lowest BCUT2D eigenvalue weighted by Crippen LogP contribution is -2.40. The SMILES string of the molecule is CC(CNS(=O)(=O)c1cc(N)ccc1F)N1CCCC1. The van der Waals surface area contributed by atoms with E-state index in [1.165, 1.54) is 6.07 Å². The standard InChI is InChI=1S/C13H20FN3O2S/c1-10(17-6-2-3-7-17)9-16-20(18,19)13-8-11(15)4-5-12(13)14/h4-5,8,10,16H,2-3,6-7,9,15H2,1H3. The lowest BCUT2D eigenvalue weighted by atomic mass is 10.3. The number of nitrogen functional groups attached to an aromatic ring is 1. The van der Waals surface area contributed by atoms with Crippen LogP contribution >= 0.6 is 0 Å². The highest BCUT2D eigenvalue weighted by molar-refractivity contribution is 7.89. The van der Waals surface area contributed by atoms with Gasteiger partial charge in [-0.15, -0.1) is 0 Å². The van der Waals surface area contributed by atoms with Gasteiger partial charge in [-0.1, -0.05) is 0 Å². The Morgan fingerprint density at radius 2 is 2.05 bits per heavy atom. The summed E-state index contributed by atoms with van der Waals surface area (Å²) in [6.07, 6.45) is 2.28. The number of nitrogens with two attached hydrogens (primary N) is 1. The summed E-state index contributed by atoms with van der Waals surface area (Å²) in [6, 6.07) is 3.63.